The number of hydrogen-bond acceptors (Lipinski definition) is 6. The monoisotopic (exact) mass is 419 g/mol. The Kier molecular flexibility index (Phi) is 5.37. The molecule has 1 atom stereocenters. The molecule has 0 fully saturated rings. The van der Waals surface area contributed by atoms with Crippen molar-refractivity contribution < 1.29 is 13.9 Å². The highest BCUT2D eigenvalue weighted by Crippen LogP contribution is 2.41. The van der Waals surface area contributed by atoms with Gasteiger partial charge in [0.15, 0.2) is 11.5 Å². The minimum atomic E-state index is -1.34. The van der Waals surface area contributed by atoms with Crippen molar-refractivity contribution in [1.29, 1.82) is 0 Å². The van der Waals surface area contributed by atoms with Crippen LogP contribution in [0.2, 0.25) is 0 Å². The molecule has 0 bridgehead atoms. The topological polar surface area (TPSA) is 93.7 Å². The Labute approximate surface area is 179 Å². The number of guanidine groups is 1. The van der Waals surface area contributed by atoms with E-state index in [2.05, 4.69) is 15.0 Å². The van der Waals surface area contributed by atoms with Gasteiger partial charge in [-0.1, -0.05) is 24.3 Å². The van der Waals surface area contributed by atoms with Crippen molar-refractivity contribution in [2.75, 3.05) is 20.3 Å². The van der Waals surface area contributed by atoms with Gasteiger partial charge in [-0.3, -0.25) is 9.69 Å². The molecule has 2 aromatic carbocycles. The zero-order chi connectivity index (χ0) is 22.0. The highest BCUT2D eigenvalue weighted by molar-refractivity contribution is 6.09. The van der Waals surface area contributed by atoms with E-state index in [1.807, 2.05) is 37.3 Å². The number of halogens is 1. The summed E-state index contributed by atoms with van der Waals surface area (Å²) >= 11 is 0. The van der Waals surface area contributed by atoms with E-state index >= 15 is 0 Å². The van der Waals surface area contributed by atoms with E-state index in [9.17, 15) is 9.18 Å². The second-order valence-electron chi connectivity index (χ2n) is 7.27. The van der Waals surface area contributed by atoms with Crippen LogP contribution in [0.15, 0.2) is 66.2 Å². The standard InChI is InChI=1S/C23H22FN5O2/c1-15-10-19(6-7-20(15)31-9-8-24)23(21(30)29(2)22(25)28-23)18-5-3-4-16(11-18)17-12-26-14-27-13-17/h3-7,10-14H,8-9H2,1-2H3,(H2,25,28). The average Bonchev–Trinajstić information content (AvgIpc) is 3.03. The van der Waals surface area contributed by atoms with Crippen LogP contribution in [-0.4, -0.2) is 47.1 Å². The van der Waals surface area contributed by atoms with Crippen LogP contribution in [0.3, 0.4) is 0 Å². The Hall–Kier alpha value is -3.81. The van der Waals surface area contributed by atoms with E-state index in [1.165, 1.54) is 11.2 Å². The van der Waals surface area contributed by atoms with Crippen LogP contribution >= 0.6 is 0 Å². The molecule has 7 nitrogen and oxygen atoms in total. The predicted molar refractivity (Wildman–Crippen MR) is 115 cm³/mol. The van der Waals surface area contributed by atoms with Gasteiger partial charge in [0.2, 0.25) is 0 Å². The average molecular weight is 419 g/mol. The van der Waals surface area contributed by atoms with Crippen molar-refractivity contribution in [1.82, 2.24) is 14.9 Å². The van der Waals surface area contributed by atoms with E-state index in [1.54, 1.807) is 31.6 Å². The Morgan fingerprint density at radius 2 is 1.84 bits per heavy atom. The van der Waals surface area contributed by atoms with Gasteiger partial charge >= 0.3 is 0 Å². The molecule has 0 spiro atoms. The predicted octanol–water partition coefficient (Wildman–Crippen LogP) is 2.83. The zero-order valence-corrected chi connectivity index (χ0v) is 17.2. The summed E-state index contributed by atoms with van der Waals surface area (Å²) in [7, 11) is 1.60. The van der Waals surface area contributed by atoms with Gasteiger partial charge in [0, 0.05) is 25.0 Å². The number of carbonyl (C=O) groups is 1. The molecule has 31 heavy (non-hydrogen) atoms. The van der Waals surface area contributed by atoms with Gasteiger partial charge in [0.1, 0.15) is 25.4 Å². The molecule has 0 saturated carbocycles. The van der Waals surface area contributed by atoms with Crippen LogP contribution in [0, 0.1) is 6.92 Å². The van der Waals surface area contributed by atoms with Crippen molar-refractivity contribution in [3.63, 3.8) is 0 Å². The zero-order valence-electron chi connectivity index (χ0n) is 17.2. The van der Waals surface area contributed by atoms with E-state index in [0.717, 1.165) is 16.7 Å². The summed E-state index contributed by atoms with van der Waals surface area (Å²) in [5.74, 6) is 0.430. The van der Waals surface area contributed by atoms with Crippen molar-refractivity contribution in [3.05, 3.63) is 77.9 Å². The number of carbonyl (C=O) groups excluding carboxylic acids is 1. The lowest BCUT2D eigenvalue weighted by atomic mass is 9.81. The summed E-state index contributed by atoms with van der Waals surface area (Å²) in [5.41, 5.74) is 8.50. The smallest absolute Gasteiger partial charge is 0.266 e. The lowest BCUT2D eigenvalue weighted by Gasteiger charge is -2.27. The van der Waals surface area contributed by atoms with Gasteiger partial charge in [-0.25, -0.2) is 19.4 Å². The maximum atomic E-state index is 13.5. The second kappa shape index (κ2) is 8.14. The third-order valence-corrected chi connectivity index (χ3v) is 5.34. The summed E-state index contributed by atoms with van der Waals surface area (Å²) in [5, 5.41) is 0. The number of nitrogens with two attached hydrogens (primary N) is 1. The number of ether oxygens (including phenoxy) is 1. The van der Waals surface area contributed by atoms with Crippen molar-refractivity contribution in [2.24, 2.45) is 10.7 Å². The van der Waals surface area contributed by atoms with Crippen LogP contribution in [0.25, 0.3) is 11.1 Å². The normalized spacial score (nSPS) is 18.2. The molecule has 1 amide bonds. The van der Waals surface area contributed by atoms with Crippen LogP contribution in [0.4, 0.5) is 4.39 Å². The van der Waals surface area contributed by atoms with Crippen molar-refractivity contribution >= 4 is 11.9 Å². The molecule has 1 aliphatic rings. The molecule has 1 unspecified atom stereocenters. The lowest BCUT2D eigenvalue weighted by Crippen LogP contribution is -2.41. The molecule has 0 radical (unpaired) electrons. The first-order valence-electron chi connectivity index (χ1n) is 9.76. The second-order valence-corrected chi connectivity index (χ2v) is 7.27. The molecule has 4 rings (SSSR count). The number of aliphatic imine (C=N–C) groups is 1. The quantitative estimate of drug-likeness (QED) is 0.663. The number of hydrogen-bond donors (Lipinski definition) is 1. The number of amides is 1. The third kappa shape index (κ3) is 3.50. The number of benzene rings is 2. The molecule has 0 aliphatic carbocycles. The van der Waals surface area contributed by atoms with Gasteiger partial charge in [0.05, 0.1) is 0 Å². The van der Waals surface area contributed by atoms with E-state index in [0.29, 0.717) is 16.9 Å². The first-order valence-corrected chi connectivity index (χ1v) is 9.76. The number of alkyl halides is 1. The van der Waals surface area contributed by atoms with Gasteiger partial charge in [-0.2, -0.15) is 0 Å². The van der Waals surface area contributed by atoms with Gasteiger partial charge in [-0.15, -0.1) is 0 Å². The van der Waals surface area contributed by atoms with Crippen LogP contribution in [0.5, 0.6) is 5.75 Å². The largest absolute Gasteiger partial charge is 0.491 e. The molecule has 158 valence electrons. The minimum absolute atomic E-state index is 0.0285. The lowest BCUT2D eigenvalue weighted by molar-refractivity contribution is -0.129. The molecule has 8 heteroatoms. The fraction of sp³-hybridized carbons (Fsp3) is 0.217. The molecular formula is C23H22FN5O2. The van der Waals surface area contributed by atoms with Crippen LogP contribution in [0.1, 0.15) is 16.7 Å². The molecular weight excluding hydrogens is 397 g/mol. The molecule has 3 aromatic rings. The van der Waals surface area contributed by atoms with Crippen LogP contribution in [-0.2, 0) is 10.3 Å². The number of aromatic nitrogens is 2. The van der Waals surface area contributed by atoms with E-state index in [-0.39, 0.29) is 18.5 Å². The summed E-state index contributed by atoms with van der Waals surface area (Å²) in [4.78, 5) is 27.6. The number of rotatable bonds is 6. The molecule has 0 saturated heterocycles. The fourth-order valence-electron chi connectivity index (χ4n) is 3.74. The molecule has 2 heterocycles. The first-order chi connectivity index (χ1) is 15.0. The van der Waals surface area contributed by atoms with Gasteiger partial charge in [0.25, 0.3) is 5.91 Å². The van der Waals surface area contributed by atoms with Gasteiger partial charge < -0.3 is 10.5 Å². The molecule has 1 aliphatic heterocycles. The summed E-state index contributed by atoms with van der Waals surface area (Å²) in [6.07, 6.45) is 4.88. The fourth-order valence-corrected chi connectivity index (χ4v) is 3.74. The van der Waals surface area contributed by atoms with Crippen molar-refractivity contribution in [2.45, 2.75) is 12.5 Å². The minimum Gasteiger partial charge on any atom is -0.491 e. The van der Waals surface area contributed by atoms with E-state index < -0.39 is 12.2 Å². The maximum Gasteiger partial charge on any atom is 0.266 e. The summed E-state index contributed by atoms with van der Waals surface area (Å²) in [6, 6.07) is 12.9. The van der Waals surface area contributed by atoms with E-state index in [4.69, 9.17) is 10.5 Å². The Bertz CT molecular complexity index is 1150. The highest BCUT2D eigenvalue weighted by Gasteiger charge is 2.49. The maximum absolute atomic E-state index is 13.5. The van der Waals surface area contributed by atoms with Crippen molar-refractivity contribution in [3.8, 4) is 16.9 Å². The highest BCUT2D eigenvalue weighted by atomic mass is 19.1. The summed E-state index contributed by atoms with van der Waals surface area (Å²) < 4.78 is 18.0. The molecule has 1 aromatic heterocycles. The first kappa shape index (κ1) is 20.5. The Balaban J connectivity index is 1.87. The summed E-state index contributed by atoms with van der Waals surface area (Å²) in [6.45, 7) is 1.24. The Morgan fingerprint density at radius 1 is 1.10 bits per heavy atom. The Morgan fingerprint density at radius 3 is 2.48 bits per heavy atom. The third-order valence-electron chi connectivity index (χ3n) is 5.34. The number of nitrogens with zero attached hydrogens (tertiary/aromatic N) is 4. The SMILES string of the molecule is Cc1cc(C2(c3cccc(-c4cncnc4)c3)N=C(N)N(C)C2=O)ccc1OCCF. The molecule has 2 N–H and O–H groups in total. The number of aryl methyl sites for hydroxylation is 1. The number of likely N-dealkylation sites (N-methyl/N-ethyl adjacent to an activating group) is 1. The van der Waals surface area contributed by atoms with Gasteiger partial charge in [-0.05, 0) is 47.4 Å². The van der Waals surface area contributed by atoms with Crippen LogP contribution < -0.4 is 10.5 Å².